The molecule has 6 rings (SSSR count). The standard InChI is InChI=1S/C27H26FN5O2/c1-16-3-4-18(11-21(16)17-5-6-17)23-13-33-24(26(35)29-23)12-22(31-33)25(34)30-27(14-32(2)15-27)19-7-9-20(28)10-8-19/h3-4,7-13,17H,5-6,14-15H2,1-2H3,(H,29,35)(H,30,34). The fourth-order valence-electron chi connectivity index (χ4n) is 5.16. The highest BCUT2D eigenvalue weighted by atomic mass is 19.1. The number of benzene rings is 2. The van der Waals surface area contributed by atoms with Crippen molar-refractivity contribution in [2.75, 3.05) is 20.1 Å². The van der Waals surface area contributed by atoms with Gasteiger partial charge in [-0.1, -0.05) is 24.3 Å². The van der Waals surface area contributed by atoms with Gasteiger partial charge in [-0.05, 0) is 73.2 Å². The Morgan fingerprint density at radius 1 is 1.14 bits per heavy atom. The summed E-state index contributed by atoms with van der Waals surface area (Å²) in [7, 11) is 1.96. The number of hydrogen-bond donors (Lipinski definition) is 2. The molecule has 4 aromatic rings. The number of halogens is 1. The van der Waals surface area contributed by atoms with E-state index in [1.807, 2.05) is 13.1 Å². The molecule has 1 saturated heterocycles. The van der Waals surface area contributed by atoms with E-state index in [0.29, 0.717) is 30.2 Å². The van der Waals surface area contributed by atoms with E-state index < -0.39 is 5.54 Å². The number of H-pyrrole nitrogens is 1. The van der Waals surface area contributed by atoms with Crippen LogP contribution in [0, 0.1) is 12.7 Å². The van der Waals surface area contributed by atoms with Gasteiger partial charge in [-0.2, -0.15) is 5.10 Å². The topological polar surface area (TPSA) is 82.5 Å². The molecule has 7 nitrogen and oxygen atoms in total. The number of hydrogen-bond acceptors (Lipinski definition) is 4. The van der Waals surface area contributed by atoms with Crippen molar-refractivity contribution in [3.63, 3.8) is 0 Å². The van der Waals surface area contributed by atoms with Gasteiger partial charge in [0.15, 0.2) is 5.69 Å². The van der Waals surface area contributed by atoms with Crippen LogP contribution in [-0.2, 0) is 5.54 Å². The Balaban J connectivity index is 1.32. The van der Waals surface area contributed by atoms with Crippen molar-refractivity contribution in [3.8, 4) is 11.3 Å². The normalized spacial score (nSPS) is 17.3. The van der Waals surface area contributed by atoms with Crippen LogP contribution in [0.15, 0.2) is 59.5 Å². The number of carbonyl (C=O) groups is 1. The average molecular weight is 472 g/mol. The fourth-order valence-corrected chi connectivity index (χ4v) is 5.16. The third-order valence-electron chi connectivity index (χ3n) is 7.14. The van der Waals surface area contributed by atoms with Gasteiger partial charge < -0.3 is 15.2 Å². The third kappa shape index (κ3) is 3.83. The molecule has 0 unspecified atom stereocenters. The van der Waals surface area contributed by atoms with Crippen molar-refractivity contribution in [1.82, 2.24) is 24.8 Å². The van der Waals surface area contributed by atoms with E-state index in [9.17, 15) is 14.0 Å². The highest BCUT2D eigenvalue weighted by Crippen LogP contribution is 2.42. The van der Waals surface area contributed by atoms with Crippen molar-refractivity contribution < 1.29 is 9.18 Å². The smallest absolute Gasteiger partial charge is 0.274 e. The molecule has 2 aliphatic rings. The fraction of sp³-hybridized carbons (Fsp3) is 0.296. The molecular weight excluding hydrogens is 445 g/mol. The molecule has 2 fully saturated rings. The Hall–Kier alpha value is -3.78. The lowest BCUT2D eigenvalue weighted by atomic mass is 9.82. The average Bonchev–Trinajstić information content (AvgIpc) is 3.56. The van der Waals surface area contributed by atoms with Crippen LogP contribution < -0.4 is 10.9 Å². The number of carbonyl (C=O) groups excluding carboxylic acids is 1. The minimum atomic E-state index is -0.631. The second-order valence-electron chi connectivity index (χ2n) is 9.92. The largest absolute Gasteiger partial charge is 0.339 e. The number of fused-ring (bicyclic) bond motifs is 1. The SMILES string of the molecule is Cc1ccc(-c2cn3nc(C(=O)NC4(c5ccc(F)cc5)CN(C)C4)cc3c(=O)[nH]2)cc1C1CC1. The van der Waals surface area contributed by atoms with Crippen LogP contribution in [0.4, 0.5) is 4.39 Å². The number of likely N-dealkylation sites (tertiary alicyclic amines) is 1. The van der Waals surface area contributed by atoms with E-state index in [-0.39, 0.29) is 23.0 Å². The summed E-state index contributed by atoms with van der Waals surface area (Å²) in [6.07, 6.45) is 4.15. The van der Waals surface area contributed by atoms with Crippen LogP contribution in [0.5, 0.6) is 0 Å². The van der Waals surface area contributed by atoms with E-state index in [0.717, 1.165) is 11.1 Å². The Kier molecular flexibility index (Phi) is 4.89. The monoisotopic (exact) mass is 471 g/mol. The zero-order chi connectivity index (χ0) is 24.3. The first-order valence-electron chi connectivity index (χ1n) is 11.8. The summed E-state index contributed by atoms with van der Waals surface area (Å²) in [5, 5.41) is 7.51. The van der Waals surface area contributed by atoms with Crippen molar-refractivity contribution in [2.24, 2.45) is 0 Å². The summed E-state index contributed by atoms with van der Waals surface area (Å²) < 4.78 is 14.9. The maximum absolute atomic E-state index is 13.5. The van der Waals surface area contributed by atoms with Gasteiger partial charge in [-0.25, -0.2) is 8.91 Å². The Morgan fingerprint density at radius 2 is 1.89 bits per heavy atom. The van der Waals surface area contributed by atoms with Gasteiger partial charge >= 0.3 is 0 Å². The lowest BCUT2D eigenvalue weighted by Gasteiger charge is -2.49. The molecule has 8 heteroatoms. The highest BCUT2D eigenvalue weighted by Gasteiger charge is 2.44. The molecule has 2 aromatic carbocycles. The van der Waals surface area contributed by atoms with E-state index in [1.165, 1.54) is 46.7 Å². The predicted molar refractivity (Wildman–Crippen MR) is 131 cm³/mol. The number of rotatable bonds is 5. The molecule has 2 N–H and O–H groups in total. The third-order valence-corrected chi connectivity index (χ3v) is 7.14. The molecule has 1 aliphatic heterocycles. The van der Waals surface area contributed by atoms with Gasteiger partial charge in [-0.15, -0.1) is 0 Å². The number of likely N-dealkylation sites (N-methyl/N-ethyl adjacent to an activating group) is 1. The number of nitrogens with zero attached hydrogens (tertiary/aromatic N) is 3. The van der Waals surface area contributed by atoms with Crippen LogP contribution in [0.25, 0.3) is 16.8 Å². The molecule has 1 saturated carbocycles. The Morgan fingerprint density at radius 3 is 2.57 bits per heavy atom. The number of nitrogens with one attached hydrogen (secondary N) is 2. The van der Waals surface area contributed by atoms with Crippen LogP contribution in [-0.4, -0.2) is 45.5 Å². The first kappa shape index (κ1) is 21.7. The number of aromatic amines is 1. The number of amides is 1. The van der Waals surface area contributed by atoms with Gasteiger partial charge in [-0.3, -0.25) is 9.59 Å². The molecule has 0 radical (unpaired) electrons. The second-order valence-corrected chi connectivity index (χ2v) is 9.92. The van der Waals surface area contributed by atoms with Gasteiger partial charge in [0.2, 0.25) is 0 Å². The maximum Gasteiger partial charge on any atom is 0.274 e. The van der Waals surface area contributed by atoms with Crippen molar-refractivity contribution in [3.05, 3.63) is 93.3 Å². The summed E-state index contributed by atoms with van der Waals surface area (Å²) in [6, 6.07) is 13.9. The van der Waals surface area contributed by atoms with E-state index >= 15 is 0 Å². The summed E-state index contributed by atoms with van der Waals surface area (Å²) in [6.45, 7) is 3.30. The quantitative estimate of drug-likeness (QED) is 0.466. The lowest BCUT2D eigenvalue weighted by molar-refractivity contribution is 0.0508. The molecule has 1 aliphatic carbocycles. The second kappa shape index (κ2) is 7.88. The van der Waals surface area contributed by atoms with E-state index in [1.54, 1.807) is 18.3 Å². The molecule has 35 heavy (non-hydrogen) atoms. The summed E-state index contributed by atoms with van der Waals surface area (Å²) in [5.41, 5.74) is 4.51. The molecule has 1 amide bonds. The Bertz CT molecular complexity index is 1510. The molecule has 178 valence electrons. The Labute approximate surface area is 201 Å². The molecule has 3 heterocycles. The zero-order valence-corrected chi connectivity index (χ0v) is 19.6. The minimum Gasteiger partial charge on any atom is -0.339 e. The van der Waals surface area contributed by atoms with Crippen molar-refractivity contribution in [2.45, 2.75) is 31.2 Å². The lowest BCUT2D eigenvalue weighted by Crippen LogP contribution is -2.66. The maximum atomic E-state index is 13.5. The van der Waals surface area contributed by atoms with Crippen LogP contribution >= 0.6 is 0 Å². The summed E-state index contributed by atoms with van der Waals surface area (Å²) in [4.78, 5) is 31.1. The van der Waals surface area contributed by atoms with Crippen molar-refractivity contribution >= 4 is 11.4 Å². The molecule has 0 bridgehead atoms. The van der Waals surface area contributed by atoms with Gasteiger partial charge in [0.1, 0.15) is 11.3 Å². The van der Waals surface area contributed by atoms with E-state index in [2.05, 4.69) is 39.4 Å². The van der Waals surface area contributed by atoms with Crippen LogP contribution in [0.1, 0.15) is 45.9 Å². The minimum absolute atomic E-state index is 0.159. The molecule has 0 spiro atoms. The summed E-state index contributed by atoms with van der Waals surface area (Å²) >= 11 is 0. The van der Waals surface area contributed by atoms with Gasteiger partial charge in [0.05, 0.1) is 17.4 Å². The van der Waals surface area contributed by atoms with Gasteiger partial charge in [0, 0.05) is 19.2 Å². The van der Waals surface area contributed by atoms with Gasteiger partial charge in [0.25, 0.3) is 11.5 Å². The zero-order valence-electron chi connectivity index (χ0n) is 19.6. The molecule has 2 aromatic heterocycles. The van der Waals surface area contributed by atoms with Crippen LogP contribution in [0.2, 0.25) is 0 Å². The highest BCUT2D eigenvalue weighted by molar-refractivity contribution is 5.94. The molecule has 0 atom stereocenters. The predicted octanol–water partition coefficient (Wildman–Crippen LogP) is 3.59. The number of aryl methyl sites for hydroxylation is 1. The van der Waals surface area contributed by atoms with Crippen LogP contribution in [0.3, 0.4) is 0 Å². The van der Waals surface area contributed by atoms with E-state index in [4.69, 9.17) is 0 Å². The van der Waals surface area contributed by atoms with Crippen molar-refractivity contribution in [1.29, 1.82) is 0 Å². The number of aromatic nitrogens is 3. The molecular formula is C27H26FN5O2. The summed E-state index contributed by atoms with van der Waals surface area (Å²) in [5.74, 6) is -0.0982. The first-order chi connectivity index (χ1) is 16.8. The first-order valence-corrected chi connectivity index (χ1v) is 11.8.